The maximum Gasteiger partial charge on any atom is 0.297 e. The van der Waals surface area contributed by atoms with E-state index in [0.29, 0.717) is 11.3 Å². The van der Waals surface area contributed by atoms with Crippen molar-refractivity contribution in [2.24, 2.45) is 0 Å². The van der Waals surface area contributed by atoms with Gasteiger partial charge in [0.1, 0.15) is 18.0 Å². The molecule has 0 bridgehead atoms. The number of nitro groups is 1. The van der Waals surface area contributed by atoms with Crippen LogP contribution < -0.4 is 4.74 Å². The molecule has 0 spiro atoms. The Morgan fingerprint density at radius 2 is 1.88 bits per heavy atom. The maximum atomic E-state index is 12.2. The lowest BCUT2D eigenvalue weighted by Gasteiger charge is -2.05. The van der Waals surface area contributed by atoms with Crippen molar-refractivity contribution in [2.75, 3.05) is 13.7 Å². The third-order valence-electron chi connectivity index (χ3n) is 4.02. The van der Waals surface area contributed by atoms with Gasteiger partial charge in [0.2, 0.25) is 0 Å². The van der Waals surface area contributed by atoms with Crippen LogP contribution in [0.1, 0.15) is 17.2 Å². The van der Waals surface area contributed by atoms with Crippen molar-refractivity contribution in [3.05, 3.63) is 63.7 Å². The highest BCUT2D eigenvalue weighted by Crippen LogP contribution is 2.44. The van der Waals surface area contributed by atoms with Gasteiger partial charge in [-0.05, 0) is 31.2 Å². The highest BCUT2D eigenvalue weighted by atomic mass is 32.2. The lowest BCUT2D eigenvalue weighted by molar-refractivity contribution is -0.385. The van der Waals surface area contributed by atoms with Crippen LogP contribution in [0.15, 0.2) is 47.4 Å². The molecule has 2 aromatic carbocycles. The zero-order chi connectivity index (χ0) is 18.9. The smallest absolute Gasteiger partial charge is 0.297 e. The van der Waals surface area contributed by atoms with Crippen LogP contribution in [0, 0.1) is 17.0 Å². The number of hydrogen-bond donors (Lipinski definition) is 0. The van der Waals surface area contributed by atoms with E-state index in [1.54, 1.807) is 18.2 Å². The fourth-order valence-electron chi connectivity index (χ4n) is 2.52. The molecule has 0 unspecified atom stereocenters. The van der Waals surface area contributed by atoms with Crippen molar-refractivity contribution in [3.8, 4) is 5.75 Å². The summed E-state index contributed by atoms with van der Waals surface area (Å²) in [5.74, 6) is 0.357. The molecular formula is C17H17NO7S. The number of rotatable bonds is 7. The van der Waals surface area contributed by atoms with Gasteiger partial charge in [0.15, 0.2) is 0 Å². The van der Waals surface area contributed by atoms with Gasteiger partial charge in [0, 0.05) is 0 Å². The van der Waals surface area contributed by atoms with E-state index in [-0.39, 0.29) is 17.2 Å². The van der Waals surface area contributed by atoms with Gasteiger partial charge in [0.25, 0.3) is 15.8 Å². The van der Waals surface area contributed by atoms with E-state index in [1.165, 1.54) is 31.4 Å². The SMILES string of the molecule is COc1ccc([C@@H]2O[C@H]2COS(=O)(=O)c2ccc(C)cc2)c([N+](=O)[O-])c1. The van der Waals surface area contributed by atoms with E-state index < -0.39 is 27.2 Å². The van der Waals surface area contributed by atoms with Gasteiger partial charge in [-0.25, -0.2) is 0 Å². The molecule has 2 aromatic rings. The van der Waals surface area contributed by atoms with Gasteiger partial charge in [-0.2, -0.15) is 8.42 Å². The Kier molecular flexibility index (Phi) is 4.94. The molecule has 9 heteroatoms. The second kappa shape index (κ2) is 7.02. The number of epoxide rings is 1. The molecule has 0 aliphatic carbocycles. The zero-order valence-corrected chi connectivity index (χ0v) is 14.9. The number of nitro benzene ring substituents is 1. The second-order valence-electron chi connectivity index (χ2n) is 5.83. The Bertz CT molecular complexity index is 925. The lowest BCUT2D eigenvalue weighted by atomic mass is 10.1. The summed E-state index contributed by atoms with van der Waals surface area (Å²) in [6, 6.07) is 10.7. The molecule has 1 fully saturated rings. The van der Waals surface area contributed by atoms with Crippen molar-refractivity contribution >= 4 is 15.8 Å². The van der Waals surface area contributed by atoms with Gasteiger partial charge >= 0.3 is 0 Å². The lowest BCUT2D eigenvalue weighted by Crippen LogP contribution is -2.11. The fraction of sp³-hybridized carbons (Fsp3) is 0.294. The van der Waals surface area contributed by atoms with Crippen LogP contribution in [0.3, 0.4) is 0 Å². The summed E-state index contributed by atoms with van der Waals surface area (Å²) in [5.41, 5.74) is 1.15. The van der Waals surface area contributed by atoms with Gasteiger partial charge in [-0.3, -0.25) is 14.3 Å². The largest absolute Gasteiger partial charge is 0.497 e. The minimum atomic E-state index is -3.91. The molecule has 0 amide bonds. The number of methoxy groups -OCH3 is 1. The summed E-state index contributed by atoms with van der Waals surface area (Å²) < 4.78 is 39.7. The van der Waals surface area contributed by atoms with Crippen molar-refractivity contribution in [2.45, 2.75) is 24.0 Å². The maximum absolute atomic E-state index is 12.2. The second-order valence-corrected chi connectivity index (χ2v) is 7.44. The predicted molar refractivity (Wildman–Crippen MR) is 91.6 cm³/mol. The molecule has 1 saturated heterocycles. The molecule has 1 aliphatic rings. The zero-order valence-electron chi connectivity index (χ0n) is 14.1. The van der Waals surface area contributed by atoms with Crippen LogP contribution in [0.5, 0.6) is 5.75 Å². The first-order chi connectivity index (χ1) is 12.3. The normalized spacial score (nSPS) is 19.2. The molecule has 26 heavy (non-hydrogen) atoms. The van der Waals surface area contributed by atoms with E-state index in [9.17, 15) is 18.5 Å². The fourth-order valence-corrected chi connectivity index (χ4v) is 3.44. The standard InChI is InChI=1S/C17H17NO7S/c1-11-3-6-13(7-4-11)26(21,22)24-10-16-17(25-16)14-8-5-12(23-2)9-15(14)18(19)20/h3-9,16-17H,10H2,1-2H3/t16-,17-/m0/s1. The van der Waals surface area contributed by atoms with Crippen LogP contribution >= 0.6 is 0 Å². The monoisotopic (exact) mass is 379 g/mol. The summed E-state index contributed by atoms with van der Waals surface area (Å²) in [6.45, 7) is 1.63. The van der Waals surface area contributed by atoms with E-state index in [2.05, 4.69) is 0 Å². The van der Waals surface area contributed by atoms with Crippen molar-refractivity contribution in [1.29, 1.82) is 0 Å². The van der Waals surface area contributed by atoms with Crippen LogP contribution in [0.25, 0.3) is 0 Å². The summed E-state index contributed by atoms with van der Waals surface area (Å²) in [5, 5.41) is 11.2. The first kappa shape index (κ1) is 18.3. The Balaban J connectivity index is 1.68. The van der Waals surface area contributed by atoms with Gasteiger partial charge < -0.3 is 9.47 Å². The molecule has 1 aliphatic heterocycles. The van der Waals surface area contributed by atoms with E-state index >= 15 is 0 Å². The molecule has 0 aromatic heterocycles. The summed E-state index contributed by atoms with van der Waals surface area (Å²) >= 11 is 0. The van der Waals surface area contributed by atoms with Crippen molar-refractivity contribution in [3.63, 3.8) is 0 Å². The predicted octanol–water partition coefficient (Wildman–Crippen LogP) is 2.76. The number of nitrogens with zero attached hydrogens (tertiary/aromatic N) is 1. The molecule has 0 saturated carbocycles. The number of ether oxygens (including phenoxy) is 2. The summed E-state index contributed by atoms with van der Waals surface area (Å²) in [6.07, 6.45) is -1.16. The first-order valence-corrected chi connectivity index (χ1v) is 9.16. The minimum absolute atomic E-state index is 0.0516. The Morgan fingerprint density at radius 1 is 1.19 bits per heavy atom. The number of hydrogen-bond acceptors (Lipinski definition) is 7. The quantitative estimate of drug-likeness (QED) is 0.315. The minimum Gasteiger partial charge on any atom is -0.497 e. The van der Waals surface area contributed by atoms with E-state index in [0.717, 1.165) is 5.56 Å². The average molecular weight is 379 g/mol. The molecule has 0 radical (unpaired) electrons. The molecular weight excluding hydrogens is 362 g/mol. The van der Waals surface area contributed by atoms with Gasteiger partial charge in [-0.1, -0.05) is 17.7 Å². The molecule has 3 rings (SSSR count). The highest BCUT2D eigenvalue weighted by molar-refractivity contribution is 7.86. The van der Waals surface area contributed by atoms with Gasteiger partial charge in [-0.15, -0.1) is 0 Å². The van der Waals surface area contributed by atoms with Crippen molar-refractivity contribution in [1.82, 2.24) is 0 Å². The van der Waals surface area contributed by atoms with E-state index in [1.807, 2.05) is 6.92 Å². The molecule has 2 atom stereocenters. The Hall–Kier alpha value is -2.49. The van der Waals surface area contributed by atoms with Crippen LogP contribution in [0.2, 0.25) is 0 Å². The average Bonchev–Trinajstić information content (AvgIpc) is 3.39. The van der Waals surface area contributed by atoms with Crippen LogP contribution in [-0.2, 0) is 19.0 Å². The molecule has 138 valence electrons. The third-order valence-corrected chi connectivity index (χ3v) is 5.32. The van der Waals surface area contributed by atoms with Gasteiger partial charge in [0.05, 0.1) is 35.2 Å². The molecule has 0 N–H and O–H groups in total. The highest BCUT2D eigenvalue weighted by Gasteiger charge is 2.45. The molecule has 8 nitrogen and oxygen atoms in total. The topological polar surface area (TPSA) is 108 Å². The molecule has 1 heterocycles. The summed E-state index contributed by atoms with van der Waals surface area (Å²) in [4.78, 5) is 10.8. The van der Waals surface area contributed by atoms with E-state index in [4.69, 9.17) is 13.7 Å². The summed E-state index contributed by atoms with van der Waals surface area (Å²) in [7, 11) is -2.49. The number of aryl methyl sites for hydroxylation is 1. The Morgan fingerprint density at radius 3 is 2.50 bits per heavy atom. The third kappa shape index (κ3) is 3.85. The first-order valence-electron chi connectivity index (χ1n) is 7.75. The van der Waals surface area contributed by atoms with Crippen LogP contribution in [0.4, 0.5) is 5.69 Å². The Labute approximate surface area is 150 Å². The van der Waals surface area contributed by atoms with Crippen molar-refractivity contribution < 1.29 is 27.0 Å². The van der Waals surface area contributed by atoms with Crippen LogP contribution in [-0.4, -0.2) is 33.2 Å². The number of benzene rings is 2.